The lowest BCUT2D eigenvalue weighted by Gasteiger charge is -2.37. The van der Waals surface area contributed by atoms with Crippen LogP contribution in [-0.4, -0.2) is 65.0 Å². The van der Waals surface area contributed by atoms with Crippen LogP contribution in [0.1, 0.15) is 30.9 Å². The van der Waals surface area contributed by atoms with Crippen LogP contribution in [0.15, 0.2) is 42.7 Å². The van der Waals surface area contributed by atoms with Crippen LogP contribution < -0.4 is 20.7 Å². The first-order chi connectivity index (χ1) is 17.6. The molecule has 3 N–H and O–H groups in total. The van der Waals surface area contributed by atoms with E-state index in [1.807, 2.05) is 0 Å². The predicted molar refractivity (Wildman–Crippen MR) is 135 cm³/mol. The Kier molecular flexibility index (Phi) is 6.24. The highest BCUT2D eigenvalue weighted by atomic mass is 19.1. The molecule has 0 saturated carbocycles. The monoisotopic (exact) mass is 505 g/mol. The van der Waals surface area contributed by atoms with Gasteiger partial charge in [-0.15, -0.1) is 0 Å². The van der Waals surface area contributed by atoms with Crippen LogP contribution in [0, 0.1) is 11.2 Å². The van der Waals surface area contributed by atoms with Gasteiger partial charge in [0.05, 0.1) is 11.1 Å². The number of nitrogens with two attached hydrogens (primary N) is 1. The third kappa shape index (κ3) is 4.57. The largest absolute Gasteiger partial charge is 0.435 e. The van der Waals surface area contributed by atoms with E-state index in [1.165, 1.54) is 6.07 Å². The Balaban J connectivity index is 1.51. The highest BCUT2D eigenvalue weighted by molar-refractivity contribution is 5.97. The van der Waals surface area contributed by atoms with Gasteiger partial charge < -0.3 is 20.3 Å². The van der Waals surface area contributed by atoms with Crippen molar-refractivity contribution in [3.63, 3.8) is 0 Å². The van der Waals surface area contributed by atoms with Crippen molar-refractivity contribution in [1.82, 2.24) is 25.2 Å². The quantitative estimate of drug-likeness (QED) is 0.554. The summed E-state index contributed by atoms with van der Waals surface area (Å²) in [6.45, 7) is 6.93. The lowest BCUT2D eigenvalue weighted by atomic mass is 9.69. The van der Waals surface area contributed by atoms with Crippen molar-refractivity contribution in [3.05, 3.63) is 59.7 Å². The summed E-state index contributed by atoms with van der Waals surface area (Å²) in [5.41, 5.74) is 6.29. The average Bonchev–Trinajstić information content (AvgIpc) is 2.87. The van der Waals surface area contributed by atoms with Gasteiger partial charge in [0.15, 0.2) is 11.6 Å². The third-order valence-electron chi connectivity index (χ3n) is 6.97. The Labute approximate surface area is 213 Å². The van der Waals surface area contributed by atoms with E-state index < -0.39 is 29.1 Å². The zero-order valence-electron chi connectivity index (χ0n) is 20.9. The minimum Gasteiger partial charge on any atom is -0.435 e. The van der Waals surface area contributed by atoms with Crippen molar-refractivity contribution in [3.8, 4) is 22.9 Å². The summed E-state index contributed by atoms with van der Waals surface area (Å²) in [7, 11) is 2.09. The number of ether oxygens (including phenoxy) is 1. The molecule has 1 atom stereocenters. The van der Waals surface area contributed by atoms with Crippen LogP contribution in [-0.2, 0) is 4.79 Å². The zero-order chi connectivity index (χ0) is 26.3. The number of nitrogens with one attached hydrogen (secondary N) is 1. The van der Waals surface area contributed by atoms with E-state index in [0.29, 0.717) is 28.3 Å². The minimum absolute atomic E-state index is 0.00809. The van der Waals surface area contributed by atoms with E-state index in [-0.39, 0.29) is 11.6 Å². The molecular formula is C26H28FN7O3. The molecule has 3 amide bonds. The highest BCUT2D eigenvalue weighted by Gasteiger charge is 2.45. The normalized spacial score (nSPS) is 17.4. The predicted octanol–water partition coefficient (Wildman–Crippen LogP) is 2.89. The first kappa shape index (κ1) is 24.6. The number of rotatable bonds is 4. The molecule has 4 heterocycles. The summed E-state index contributed by atoms with van der Waals surface area (Å²) in [4.78, 5) is 42.5. The average molecular weight is 506 g/mol. The summed E-state index contributed by atoms with van der Waals surface area (Å²) in [6.07, 6.45) is 3.41. The first-order valence-corrected chi connectivity index (χ1v) is 12.0. The van der Waals surface area contributed by atoms with Gasteiger partial charge in [0.2, 0.25) is 17.7 Å². The molecule has 0 aliphatic carbocycles. The number of carbonyl (C=O) groups excluding carboxylic acids is 2. The van der Waals surface area contributed by atoms with E-state index >= 15 is 0 Å². The number of nitrogens with zero attached hydrogens (tertiary/aromatic N) is 5. The maximum Gasteiger partial charge on any atom is 0.318 e. The van der Waals surface area contributed by atoms with Gasteiger partial charge in [-0.2, -0.15) is 0 Å². The highest BCUT2D eigenvalue weighted by Crippen LogP contribution is 2.52. The number of fused-ring (bicyclic) bond motifs is 2. The van der Waals surface area contributed by atoms with Crippen molar-refractivity contribution >= 4 is 17.9 Å². The Morgan fingerprint density at radius 2 is 1.78 bits per heavy atom. The van der Waals surface area contributed by atoms with E-state index in [1.54, 1.807) is 50.5 Å². The number of hydrogen-bond donors (Lipinski definition) is 2. The van der Waals surface area contributed by atoms with E-state index in [2.05, 4.69) is 37.1 Å². The fourth-order valence-electron chi connectivity index (χ4n) is 4.84. The van der Waals surface area contributed by atoms with Crippen molar-refractivity contribution in [2.45, 2.75) is 19.8 Å². The SMILES string of the molecule is CN1CCN(c2ncc(-c3ccc4c(n3)Oc3c(F)cccc3[C@@H]4C(C)(C)C(=O)NC(N)=O)cn2)CC1. The lowest BCUT2D eigenvalue weighted by Crippen LogP contribution is -2.46. The molecule has 0 unspecified atom stereocenters. The van der Waals surface area contributed by atoms with E-state index in [9.17, 15) is 14.0 Å². The molecule has 2 aliphatic heterocycles. The van der Waals surface area contributed by atoms with Crippen molar-refractivity contribution in [1.29, 1.82) is 0 Å². The summed E-state index contributed by atoms with van der Waals surface area (Å²) >= 11 is 0. The standard InChI is InChI=1S/C26H28FN7O3/c1-26(2,23(35)32-24(28)36)20-16-5-4-6-18(27)21(16)37-22-17(20)7-8-19(31-22)15-13-29-25(30-14-15)34-11-9-33(3)10-12-34/h4-8,13-14,20H,9-12H2,1-3H3,(H3,28,32,35,36)/t20-/m0/s1. The van der Waals surface area contributed by atoms with Gasteiger partial charge in [0.1, 0.15) is 0 Å². The van der Waals surface area contributed by atoms with Gasteiger partial charge in [-0.1, -0.05) is 32.0 Å². The molecule has 11 heteroatoms. The molecule has 10 nitrogen and oxygen atoms in total. The second-order valence-electron chi connectivity index (χ2n) is 9.89. The van der Waals surface area contributed by atoms with Gasteiger partial charge in [0.25, 0.3) is 0 Å². The number of aromatic nitrogens is 3. The molecule has 1 fully saturated rings. The van der Waals surface area contributed by atoms with Gasteiger partial charge in [-0.25, -0.2) is 24.1 Å². The molecule has 2 aromatic heterocycles. The fraction of sp³-hybridized carbons (Fsp3) is 0.346. The van der Waals surface area contributed by atoms with Gasteiger partial charge >= 0.3 is 6.03 Å². The van der Waals surface area contributed by atoms with Crippen molar-refractivity contribution < 1.29 is 18.7 Å². The number of pyridine rings is 1. The summed E-state index contributed by atoms with van der Waals surface area (Å²) in [5, 5.41) is 2.15. The lowest BCUT2D eigenvalue weighted by molar-refractivity contribution is -0.128. The molecule has 2 aliphatic rings. The molecule has 1 aromatic carbocycles. The molecule has 0 radical (unpaired) electrons. The molecule has 1 saturated heterocycles. The number of amides is 3. The number of imide groups is 1. The number of para-hydroxylation sites is 1. The number of benzene rings is 1. The second kappa shape index (κ2) is 9.40. The third-order valence-corrected chi connectivity index (χ3v) is 6.97. The topological polar surface area (TPSA) is 127 Å². The molecule has 192 valence electrons. The zero-order valence-corrected chi connectivity index (χ0v) is 20.9. The second-order valence-corrected chi connectivity index (χ2v) is 9.89. The number of piperazine rings is 1. The first-order valence-electron chi connectivity index (χ1n) is 12.0. The van der Waals surface area contributed by atoms with Crippen LogP contribution in [0.2, 0.25) is 0 Å². The van der Waals surface area contributed by atoms with Crippen molar-refractivity contribution in [2.75, 3.05) is 38.1 Å². The molecular weight excluding hydrogens is 477 g/mol. The summed E-state index contributed by atoms with van der Waals surface area (Å²) in [6, 6.07) is 7.16. The van der Waals surface area contributed by atoms with Crippen LogP contribution >= 0.6 is 0 Å². The maximum absolute atomic E-state index is 14.9. The minimum atomic E-state index is -1.19. The maximum atomic E-state index is 14.9. The van der Waals surface area contributed by atoms with Gasteiger partial charge in [-0.05, 0) is 19.2 Å². The smallest absolute Gasteiger partial charge is 0.318 e. The number of carbonyl (C=O) groups is 2. The molecule has 5 rings (SSSR count). The fourth-order valence-corrected chi connectivity index (χ4v) is 4.84. The number of primary amides is 1. The number of likely N-dealkylation sites (N-methyl/N-ethyl adjacent to an activating group) is 1. The van der Waals surface area contributed by atoms with Crippen molar-refractivity contribution in [2.24, 2.45) is 11.1 Å². The molecule has 37 heavy (non-hydrogen) atoms. The number of halogens is 1. The van der Waals surface area contributed by atoms with E-state index in [4.69, 9.17) is 10.5 Å². The van der Waals surface area contributed by atoms with Gasteiger partial charge in [0, 0.05) is 61.2 Å². The Morgan fingerprint density at radius 3 is 2.46 bits per heavy atom. The van der Waals surface area contributed by atoms with E-state index in [0.717, 1.165) is 26.2 Å². The Morgan fingerprint density at radius 1 is 1.08 bits per heavy atom. The van der Waals surface area contributed by atoms with Gasteiger partial charge in [-0.3, -0.25) is 10.1 Å². The number of hydrogen-bond acceptors (Lipinski definition) is 8. The summed E-state index contributed by atoms with van der Waals surface area (Å²) in [5.74, 6) is -1.01. The Bertz CT molecular complexity index is 1350. The Hall–Kier alpha value is -4.12. The van der Waals surface area contributed by atoms with Crippen LogP contribution in [0.4, 0.5) is 15.1 Å². The summed E-state index contributed by atoms with van der Waals surface area (Å²) < 4.78 is 20.8. The van der Waals surface area contributed by atoms with Crippen LogP contribution in [0.3, 0.4) is 0 Å². The molecule has 0 bridgehead atoms. The van der Waals surface area contributed by atoms with Crippen LogP contribution in [0.25, 0.3) is 11.3 Å². The van der Waals surface area contributed by atoms with Crippen LogP contribution in [0.5, 0.6) is 11.6 Å². The molecule has 3 aromatic rings. The number of urea groups is 1. The molecule has 0 spiro atoms. The number of anilines is 1.